The molecule has 0 atom stereocenters. The summed E-state index contributed by atoms with van der Waals surface area (Å²) in [5, 5.41) is 2.17. The fraction of sp³-hybridized carbons (Fsp3) is 0.227. The molecule has 0 aliphatic heterocycles. The number of hydrogen-bond acceptors (Lipinski definition) is 6. The molecule has 3 aromatic rings. The zero-order chi connectivity index (χ0) is 23.1. The largest absolute Gasteiger partial charge is 0.445 e. The van der Waals surface area contributed by atoms with Crippen LogP contribution in [0.1, 0.15) is 24.0 Å². The van der Waals surface area contributed by atoms with Gasteiger partial charge in [-0.1, -0.05) is 30.3 Å². The summed E-state index contributed by atoms with van der Waals surface area (Å²) in [6.07, 6.45) is -5.18. The van der Waals surface area contributed by atoms with Gasteiger partial charge in [0, 0.05) is 30.5 Å². The lowest BCUT2D eigenvalue weighted by atomic mass is 10.1. The molecule has 0 unspecified atom stereocenters. The summed E-state index contributed by atoms with van der Waals surface area (Å²) in [7, 11) is 0. The molecule has 0 radical (unpaired) electrons. The van der Waals surface area contributed by atoms with E-state index in [2.05, 4.69) is 5.32 Å². The maximum Gasteiger partial charge on any atom is 0.417 e. The van der Waals surface area contributed by atoms with Gasteiger partial charge in [0.1, 0.15) is 17.9 Å². The monoisotopic (exact) mass is 449 g/mol. The van der Waals surface area contributed by atoms with Gasteiger partial charge in [-0.3, -0.25) is 4.79 Å². The minimum atomic E-state index is -4.73. The van der Waals surface area contributed by atoms with E-state index in [1.807, 2.05) is 30.3 Å². The topological polar surface area (TPSA) is 94.8 Å². The van der Waals surface area contributed by atoms with Crippen LogP contribution in [0.15, 0.2) is 63.8 Å². The number of carbonyl (C=O) groups excluding carboxylic acids is 2. The zero-order valence-corrected chi connectivity index (χ0v) is 16.6. The van der Waals surface area contributed by atoms with Gasteiger partial charge in [0.15, 0.2) is 0 Å². The van der Waals surface area contributed by atoms with Gasteiger partial charge in [0.05, 0.1) is 5.56 Å². The summed E-state index contributed by atoms with van der Waals surface area (Å²) in [5.41, 5.74) is -1.82. The van der Waals surface area contributed by atoms with Crippen LogP contribution in [-0.2, 0) is 22.3 Å². The van der Waals surface area contributed by atoms with E-state index < -0.39 is 29.4 Å². The fourth-order valence-corrected chi connectivity index (χ4v) is 2.82. The molecule has 0 saturated heterocycles. The third kappa shape index (κ3) is 6.34. The van der Waals surface area contributed by atoms with E-state index in [1.165, 1.54) is 6.07 Å². The first-order valence-electron chi connectivity index (χ1n) is 9.53. The first kappa shape index (κ1) is 22.9. The molecule has 32 heavy (non-hydrogen) atoms. The number of ether oxygens (including phenoxy) is 2. The second-order valence-corrected chi connectivity index (χ2v) is 6.70. The van der Waals surface area contributed by atoms with Crippen LogP contribution in [0.5, 0.6) is 5.75 Å². The third-order valence-electron chi connectivity index (χ3n) is 4.29. The molecule has 3 rings (SSSR count). The molecule has 0 spiro atoms. The van der Waals surface area contributed by atoms with Gasteiger partial charge in [-0.15, -0.1) is 0 Å². The summed E-state index contributed by atoms with van der Waals surface area (Å²) >= 11 is 0. The molecule has 1 amide bonds. The summed E-state index contributed by atoms with van der Waals surface area (Å²) in [6.45, 7) is 0.271. The van der Waals surface area contributed by atoms with Crippen molar-refractivity contribution in [2.75, 3.05) is 6.54 Å². The number of alkyl carbamates (subject to hydrolysis) is 1. The zero-order valence-electron chi connectivity index (χ0n) is 16.6. The number of amides is 1. The number of fused-ring (bicyclic) bond motifs is 1. The SMILES string of the molecule is O=C(CCCNC(=O)OCc1ccccc1)Oc1ccc2c(C(F)(F)F)cc(=O)oc2c1. The standard InChI is InChI=1S/C22H18F3NO6/c23-22(24,25)17-12-20(28)32-18-11-15(8-9-16(17)18)31-19(27)7-4-10-26-21(29)30-13-14-5-2-1-3-6-14/h1-3,5-6,8-9,11-12H,4,7,10,13H2,(H,26,29). The van der Waals surface area contributed by atoms with E-state index in [-0.39, 0.29) is 42.7 Å². The van der Waals surface area contributed by atoms with Gasteiger partial charge < -0.3 is 19.2 Å². The maximum atomic E-state index is 13.1. The van der Waals surface area contributed by atoms with E-state index in [4.69, 9.17) is 13.9 Å². The lowest BCUT2D eigenvalue weighted by Crippen LogP contribution is -2.26. The Morgan fingerprint density at radius 3 is 2.50 bits per heavy atom. The molecular weight excluding hydrogens is 431 g/mol. The Labute approximate surface area is 179 Å². The van der Waals surface area contributed by atoms with E-state index in [0.717, 1.165) is 17.7 Å². The summed E-state index contributed by atoms with van der Waals surface area (Å²) < 4.78 is 54.1. The summed E-state index contributed by atoms with van der Waals surface area (Å²) in [4.78, 5) is 35.0. The Hall–Kier alpha value is -3.82. The van der Waals surface area contributed by atoms with Crippen LogP contribution in [0.25, 0.3) is 11.0 Å². The van der Waals surface area contributed by atoms with Crippen molar-refractivity contribution in [3.63, 3.8) is 0 Å². The predicted octanol–water partition coefficient (Wildman–Crippen LogP) is 4.42. The lowest BCUT2D eigenvalue weighted by Gasteiger charge is -2.10. The Morgan fingerprint density at radius 2 is 1.78 bits per heavy atom. The highest BCUT2D eigenvalue weighted by molar-refractivity contribution is 5.83. The molecule has 0 aliphatic carbocycles. The van der Waals surface area contributed by atoms with Crippen LogP contribution in [-0.4, -0.2) is 18.6 Å². The van der Waals surface area contributed by atoms with E-state index in [1.54, 1.807) is 0 Å². The van der Waals surface area contributed by atoms with Crippen molar-refractivity contribution in [1.29, 1.82) is 0 Å². The Kier molecular flexibility index (Phi) is 7.14. The highest BCUT2D eigenvalue weighted by atomic mass is 19.4. The van der Waals surface area contributed by atoms with Crippen LogP contribution in [0.2, 0.25) is 0 Å². The van der Waals surface area contributed by atoms with Crippen LogP contribution >= 0.6 is 0 Å². The Morgan fingerprint density at radius 1 is 1.03 bits per heavy atom. The third-order valence-corrected chi connectivity index (χ3v) is 4.29. The van der Waals surface area contributed by atoms with Crippen LogP contribution in [0, 0.1) is 0 Å². The van der Waals surface area contributed by atoms with Gasteiger partial charge in [-0.05, 0) is 24.1 Å². The van der Waals surface area contributed by atoms with Gasteiger partial charge in [0.2, 0.25) is 0 Å². The fourth-order valence-electron chi connectivity index (χ4n) is 2.82. The minimum absolute atomic E-state index is 0.0659. The van der Waals surface area contributed by atoms with Gasteiger partial charge >= 0.3 is 23.9 Å². The highest BCUT2D eigenvalue weighted by Crippen LogP contribution is 2.34. The Balaban J connectivity index is 1.47. The maximum absolute atomic E-state index is 13.1. The molecule has 1 heterocycles. The lowest BCUT2D eigenvalue weighted by molar-refractivity contribution is -0.137. The number of benzene rings is 2. The normalized spacial score (nSPS) is 11.2. The second-order valence-electron chi connectivity index (χ2n) is 6.70. The second kappa shape index (κ2) is 9.99. The minimum Gasteiger partial charge on any atom is -0.445 e. The van der Waals surface area contributed by atoms with E-state index in [0.29, 0.717) is 6.07 Å². The number of halogens is 3. The number of rotatable bonds is 7. The van der Waals surface area contributed by atoms with Gasteiger partial charge in [-0.25, -0.2) is 9.59 Å². The van der Waals surface area contributed by atoms with Crippen molar-refractivity contribution < 1.29 is 36.7 Å². The van der Waals surface area contributed by atoms with Crippen molar-refractivity contribution in [3.05, 3.63) is 76.1 Å². The number of hydrogen-bond donors (Lipinski definition) is 1. The molecule has 0 bridgehead atoms. The highest BCUT2D eigenvalue weighted by Gasteiger charge is 2.33. The molecule has 2 aromatic carbocycles. The van der Waals surface area contributed by atoms with E-state index in [9.17, 15) is 27.6 Å². The average molecular weight is 449 g/mol. The van der Waals surface area contributed by atoms with Crippen LogP contribution in [0.4, 0.5) is 18.0 Å². The quantitative estimate of drug-likeness (QED) is 0.248. The average Bonchev–Trinajstić information content (AvgIpc) is 2.74. The van der Waals surface area contributed by atoms with Crippen molar-refractivity contribution in [1.82, 2.24) is 5.32 Å². The summed E-state index contributed by atoms with van der Waals surface area (Å²) in [6, 6.07) is 12.8. The van der Waals surface area contributed by atoms with Crippen molar-refractivity contribution in [3.8, 4) is 5.75 Å². The first-order valence-corrected chi connectivity index (χ1v) is 9.53. The molecule has 0 fully saturated rings. The number of esters is 1. The van der Waals surface area contributed by atoms with Crippen molar-refractivity contribution in [2.45, 2.75) is 25.6 Å². The molecular formula is C22H18F3NO6. The van der Waals surface area contributed by atoms with Gasteiger partial charge in [-0.2, -0.15) is 13.2 Å². The molecule has 1 aromatic heterocycles. The van der Waals surface area contributed by atoms with Crippen LogP contribution in [0.3, 0.4) is 0 Å². The molecule has 168 valence electrons. The van der Waals surface area contributed by atoms with Crippen molar-refractivity contribution >= 4 is 23.0 Å². The van der Waals surface area contributed by atoms with Gasteiger partial charge in [0.25, 0.3) is 0 Å². The van der Waals surface area contributed by atoms with Crippen molar-refractivity contribution in [2.24, 2.45) is 0 Å². The predicted molar refractivity (Wildman–Crippen MR) is 107 cm³/mol. The first-order chi connectivity index (χ1) is 15.2. The summed E-state index contributed by atoms with van der Waals surface area (Å²) in [5.74, 6) is -0.738. The van der Waals surface area contributed by atoms with Crippen LogP contribution < -0.4 is 15.7 Å². The molecule has 1 N–H and O–H groups in total. The number of nitrogens with one attached hydrogen (secondary N) is 1. The Bertz CT molecular complexity index is 1160. The molecule has 0 saturated carbocycles. The molecule has 10 heteroatoms. The molecule has 0 aliphatic rings. The number of carbonyl (C=O) groups is 2. The smallest absolute Gasteiger partial charge is 0.417 e. The van der Waals surface area contributed by atoms with E-state index >= 15 is 0 Å². The number of alkyl halides is 3. The molecule has 7 nitrogen and oxygen atoms in total.